The van der Waals surface area contributed by atoms with Crippen LogP contribution in [0.1, 0.15) is 36.8 Å². The first-order valence-corrected chi connectivity index (χ1v) is 9.95. The number of carbonyl (C=O) groups excluding carboxylic acids is 1. The number of ether oxygens (including phenoxy) is 2. The zero-order valence-corrected chi connectivity index (χ0v) is 16.4. The maximum atomic E-state index is 11.4. The van der Waals surface area contributed by atoms with Crippen LogP contribution in [-0.2, 0) is 11.4 Å². The van der Waals surface area contributed by atoms with Crippen molar-refractivity contribution in [1.29, 1.82) is 0 Å². The van der Waals surface area contributed by atoms with Crippen molar-refractivity contribution in [1.82, 2.24) is 0 Å². The van der Waals surface area contributed by atoms with E-state index in [2.05, 4.69) is 6.07 Å². The van der Waals surface area contributed by atoms with Crippen LogP contribution in [0, 0.1) is 0 Å². The number of rotatable bonds is 5. The lowest BCUT2D eigenvalue weighted by molar-refractivity contribution is -0.131. The average Bonchev–Trinajstić information content (AvgIpc) is 3.36. The van der Waals surface area contributed by atoms with Gasteiger partial charge in [-0.3, -0.25) is 4.79 Å². The summed E-state index contributed by atoms with van der Waals surface area (Å²) in [6.45, 7) is 1.79. The predicted octanol–water partition coefficient (Wildman–Crippen LogP) is 6.59. The zero-order valence-electron chi connectivity index (χ0n) is 14.1. The molecule has 26 heavy (non-hydrogen) atoms. The molecule has 1 aromatic heterocycles. The Hall–Kier alpha value is -1.75. The van der Waals surface area contributed by atoms with Gasteiger partial charge in [-0.05, 0) is 48.6 Å². The van der Waals surface area contributed by atoms with E-state index in [9.17, 15) is 4.79 Å². The van der Waals surface area contributed by atoms with Gasteiger partial charge in [-0.1, -0.05) is 29.3 Å². The van der Waals surface area contributed by atoms with E-state index in [0.717, 1.165) is 34.2 Å². The number of hydrogen-bond donors (Lipinski definition) is 0. The molecule has 1 aliphatic rings. The zero-order chi connectivity index (χ0) is 18.3. The Bertz CT molecular complexity index is 992. The van der Waals surface area contributed by atoms with E-state index in [-0.39, 0.29) is 5.97 Å². The van der Waals surface area contributed by atoms with E-state index in [0.29, 0.717) is 28.3 Å². The molecule has 0 aliphatic heterocycles. The lowest BCUT2D eigenvalue weighted by Gasteiger charge is -2.11. The third kappa shape index (κ3) is 3.68. The summed E-state index contributed by atoms with van der Waals surface area (Å²) in [5.74, 6) is 1.64. The molecule has 0 atom stereocenters. The van der Waals surface area contributed by atoms with E-state index in [1.54, 1.807) is 23.5 Å². The summed E-state index contributed by atoms with van der Waals surface area (Å²) in [7, 11) is 0. The van der Waals surface area contributed by atoms with E-state index in [1.165, 1.54) is 12.5 Å². The third-order valence-corrected chi connectivity index (χ3v) is 5.82. The SMILES string of the molecule is CC(=O)Oc1csc2cc(OCc3ccc(Cl)cc3Cl)cc(C3CC3)c12. The summed E-state index contributed by atoms with van der Waals surface area (Å²) >= 11 is 13.7. The number of fused-ring (bicyclic) bond motifs is 1. The van der Waals surface area contributed by atoms with E-state index < -0.39 is 0 Å². The molecule has 0 bridgehead atoms. The van der Waals surface area contributed by atoms with Crippen LogP contribution < -0.4 is 9.47 Å². The average molecular weight is 407 g/mol. The topological polar surface area (TPSA) is 35.5 Å². The molecule has 0 N–H and O–H groups in total. The molecule has 0 amide bonds. The highest BCUT2D eigenvalue weighted by molar-refractivity contribution is 7.17. The largest absolute Gasteiger partial charge is 0.489 e. The summed E-state index contributed by atoms with van der Waals surface area (Å²) in [5, 5.41) is 4.12. The minimum atomic E-state index is -0.302. The molecular formula is C20H16Cl2O3S. The number of benzene rings is 2. The third-order valence-electron chi connectivity index (χ3n) is 4.33. The second kappa shape index (κ2) is 7.10. The Labute approximate surface area is 165 Å². The van der Waals surface area contributed by atoms with Crippen LogP contribution in [0.25, 0.3) is 10.1 Å². The Kier molecular flexibility index (Phi) is 4.82. The molecule has 0 radical (unpaired) electrons. The second-order valence-electron chi connectivity index (χ2n) is 6.38. The summed E-state index contributed by atoms with van der Waals surface area (Å²) in [5.41, 5.74) is 2.08. The maximum Gasteiger partial charge on any atom is 0.308 e. The fourth-order valence-corrected chi connectivity index (χ4v) is 4.36. The maximum absolute atomic E-state index is 11.4. The van der Waals surface area contributed by atoms with Gasteiger partial charge in [0.2, 0.25) is 0 Å². The highest BCUT2D eigenvalue weighted by Crippen LogP contribution is 2.48. The first-order valence-electron chi connectivity index (χ1n) is 8.31. The van der Waals surface area contributed by atoms with Crippen molar-refractivity contribution >= 4 is 50.6 Å². The summed E-state index contributed by atoms with van der Waals surface area (Å²) < 4.78 is 12.4. The van der Waals surface area contributed by atoms with Crippen LogP contribution in [0.5, 0.6) is 11.5 Å². The first-order chi connectivity index (χ1) is 12.5. The van der Waals surface area contributed by atoms with E-state index in [4.69, 9.17) is 32.7 Å². The molecule has 134 valence electrons. The van der Waals surface area contributed by atoms with Gasteiger partial charge in [0.1, 0.15) is 18.1 Å². The Balaban J connectivity index is 1.65. The van der Waals surface area contributed by atoms with Crippen LogP contribution >= 0.6 is 34.5 Å². The standard InChI is InChI=1S/C20H16Cl2O3S/c1-11(23)25-18-10-26-19-8-15(7-16(20(18)19)12-2-3-12)24-9-13-4-5-14(21)6-17(13)22/h4-8,10,12H,2-3,9H2,1H3. The molecule has 0 spiro atoms. The van der Waals surface area contributed by atoms with Crippen molar-refractivity contribution in [3.8, 4) is 11.5 Å². The highest BCUT2D eigenvalue weighted by Gasteiger charge is 2.28. The summed E-state index contributed by atoms with van der Waals surface area (Å²) in [4.78, 5) is 11.4. The van der Waals surface area contributed by atoms with Crippen LogP contribution in [0.15, 0.2) is 35.7 Å². The molecule has 6 heteroatoms. The number of esters is 1. The number of carbonyl (C=O) groups is 1. The smallest absolute Gasteiger partial charge is 0.308 e. The molecule has 1 saturated carbocycles. The van der Waals surface area contributed by atoms with Gasteiger partial charge >= 0.3 is 5.97 Å². The predicted molar refractivity (Wildman–Crippen MR) is 106 cm³/mol. The molecule has 1 aliphatic carbocycles. The fraction of sp³-hybridized carbons (Fsp3) is 0.250. The van der Waals surface area contributed by atoms with Crippen molar-refractivity contribution in [2.24, 2.45) is 0 Å². The molecule has 1 fully saturated rings. The number of thiophene rings is 1. The Morgan fingerprint density at radius 1 is 1.23 bits per heavy atom. The minimum absolute atomic E-state index is 0.302. The lowest BCUT2D eigenvalue weighted by atomic mass is 10.1. The second-order valence-corrected chi connectivity index (χ2v) is 8.13. The van der Waals surface area contributed by atoms with Gasteiger partial charge in [0.15, 0.2) is 0 Å². The molecule has 1 heterocycles. The quantitative estimate of drug-likeness (QED) is 0.448. The van der Waals surface area contributed by atoms with Crippen molar-refractivity contribution in [2.75, 3.05) is 0 Å². The normalized spacial score (nSPS) is 13.8. The monoisotopic (exact) mass is 406 g/mol. The van der Waals surface area contributed by atoms with Gasteiger partial charge in [-0.25, -0.2) is 0 Å². The van der Waals surface area contributed by atoms with Crippen molar-refractivity contribution in [3.05, 3.63) is 56.9 Å². The van der Waals surface area contributed by atoms with E-state index in [1.807, 2.05) is 17.5 Å². The van der Waals surface area contributed by atoms with Crippen LogP contribution in [0.3, 0.4) is 0 Å². The Morgan fingerprint density at radius 2 is 2.04 bits per heavy atom. The molecule has 0 unspecified atom stereocenters. The molecule has 2 aromatic carbocycles. The Morgan fingerprint density at radius 3 is 2.73 bits per heavy atom. The molecule has 4 rings (SSSR count). The van der Waals surface area contributed by atoms with Gasteiger partial charge in [-0.15, -0.1) is 11.3 Å². The van der Waals surface area contributed by atoms with Crippen molar-refractivity contribution < 1.29 is 14.3 Å². The summed E-state index contributed by atoms with van der Waals surface area (Å²) in [6, 6.07) is 9.43. The van der Waals surface area contributed by atoms with Crippen molar-refractivity contribution in [2.45, 2.75) is 32.3 Å². The molecule has 0 saturated heterocycles. The minimum Gasteiger partial charge on any atom is -0.489 e. The van der Waals surface area contributed by atoms with E-state index >= 15 is 0 Å². The fourth-order valence-electron chi connectivity index (χ4n) is 2.97. The van der Waals surface area contributed by atoms with Crippen molar-refractivity contribution in [3.63, 3.8) is 0 Å². The summed E-state index contributed by atoms with van der Waals surface area (Å²) in [6.07, 6.45) is 2.30. The number of hydrogen-bond acceptors (Lipinski definition) is 4. The van der Waals surface area contributed by atoms with Crippen LogP contribution in [0.4, 0.5) is 0 Å². The van der Waals surface area contributed by atoms with Gasteiger partial charge < -0.3 is 9.47 Å². The van der Waals surface area contributed by atoms with Gasteiger partial charge in [0, 0.05) is 38.0 Å². The molecular weight excluding hydrogens is 391 g/mol. The lowest BCUT2D eigenvalue weighted by Crippen LogP contribution is -2.01. The number of halogens is 2. The van der Waals surface area contributed by atoms with Crippen LogP contribution in [0.2, 0.25) is 10.0 Å². The van der Waals surface area contributed by atoms with Gasteiger partial charge in [0.05, 0.1) is 0 Å². The van der Waals surface area contributed by atoms with Gasteiger partial charge in [-0.2, -0.15) is 0 Å². The molecule has 3 aromatic rings. The molecule has 3 nitrogen and oxygen atoms in total. The highest BCUT2D eigenvalue weighted by atomic mass is 35.5. The van der Waals surface area contributed by atoms with Gasteiger partial charge in [0.25, 0.3) is 0 Å². The first kappa shape index (κ1) is 17.7. The van der Waals surface area contributed by atoms with Crippen LogP contribution in [-0.4, -0.2) is 5.97 Å².